The van der Waals surface area contributed by atoms with Gasteiger partial charge < -0.3 is 19.3 Å². The summed E-state index contributed by atoms with van der Waals surface area (Å²) in [5.41, 5.74) is 0.738. The van der Waals surface area contributed by atoms with Crippen molar-refractivity contribution in [2.24, 2.45) is 5.92 Å². The van der Waals surface area contributed by atoms with Gasteiger partial charge in [0.05, 0.1) is 26.9 Å². The summed E-state index contributed by atoms with van der Waals surface area (Å²) in [5.74, 6) is 2.06. The molecule has 1 aromatic rings. The Labute approximate surface area is 127 Å². The summed E-state index contributed by atoms with van der Waals surface area (Å²) in [6.45, 7) is 2.57. The number of aliphatic hydroxyl groups excluding tert-OH is 1. The van der Waals surface area contributed by atoms with E-state index in [4.69, 9.17) is 14.2 Å². The minimum atomic E-state index is -0.678. The molecule has 1 N–H and O–H groups in total. The van der Waals surface area contributed by atoms with Crippen molar-refractivity contribution < 1.29 is 19.3 Å². The van der Waals surface area contributed by atoms with Crippen LogP contribution in [0, 0.1) is 5.92 Å². The van der Waals surface area contributed by atoms with E-state index >= 15 is 0 Å². The highest BCUT2D eigenvalue weighted by molar-refractivity contribution is 5.42. The van der Waals surface area contributed by atoms with Crippen molar-refractivity contribution in [2.75, 3.05) is 20.8 Å². The van der Waals surface area contributed by atoms with Crippen molar-refractivity contribution in [3.8, 4) is 11.5 Å². The third-order valence-corrected chi connectivity index (χ3v) is 4.18. The van der Waals surface area contributed by atoms with Gasteiger partial charge in [0.1, 0.15) is 17.6 Å². The van der Waals surface area contributed by atoms with Gasteiger partial charge >= 0.3 is 0 Å². The minimum Gasteiger partial charge on any atom is -0.497 e. The van der Waals surface area contributed by atoms with E-state index < -0.39 is 6.10 Å². The monoisotopic (exact) mass is 294 g/mol. The average Bonchev–Trinajstić information content (AvgIpc) is 2.52. The summed E-state index contributed by atoms with van der Waals surface area (Å²) in [7, 11) is 3.20. The summed E-state index contributed by atoms with van der Waals surface area (Å²) in [6.07, 6.45) is 4.28. The van der Waals surface area contributed by atoms with Crippen molar-refractivity contribution in [1.82, 2.24) is 0 Å². The van der Waals surface area contributed by atoms with E-state index in [1.807, 2.05) is 12.1 Å². The molecule has 0 radical (unpaired) electrons. The van der Waals surface area contributed by atoms with Gasteiger partial charge in [-0.1, -0.05) is 19.8 Å². The van der Waals surface area contributed by atoms with Crippen LogP contribution in [0.15, 0.2) is 18.2 Å². The van der Waals surface area contributed by atoms with E-state index in [9.17, 15) is 5.11 Å². The second-order valence-electron chi connectivity index (χ2n) is 5.85. The predicted molar refractivity (Wildman–Crippen MR) is 81.9 cm³/mol. The van der Waals surface area contributed by atoms with E-state index in [1.165, 1.54) is 12.8 Å². The third kappa shape index (κ3) is 4.35. The van der Waals surface area contributed by atoms with Crippen LogP contribution in [0.1, 0.15) is 44.3 Å². The fourth-order valence-electron chi connectivity index (χ4n) is 2.94. The lowest BCUT2D eigenvalue weighted by molar-refractivity contribution is -0.0327. The van der Waals surface area contributed by atoms with E-state index in [0.717, 1.165) is 24.3 Å². The normalized spacial score (nSPS) is 23.6. The Morgan fingerprint density at radius 1 is 1.24 bits per heavy atom. The summed E-state index contributed by atoms with van der Waals surface area (Å²) in [6, 6.07) is 5.43. The predicted octanol–water partition coefficient (Wildman–Crippen LogP) is 3.33. The van der Waals surface area contributed by atoms with Gasteiger partial charge in [0.25, 0.3) is 0 Å². The van der Waals surface area contributed by atoms with Crippen LogP contribution in [-0.4, -0.2) is 32.0 Å². The third-order valence-electron chi connectivity index (χ3n) is 4.18. The molecule has 21 heavy (non-hydrogen) atoms. The minimum absolute atomic E-state index is 0.271. The zero-order valence-electron chi connectivity index (χ0n) is 13.2. The van der Waals surface area contributed by atoms with Gasteiger partial charge in [0.2, 0.25) is 0 Å². The number of hydrogen-bond donors (Lipinski definition) is 1. The van der Waals surface area contributed by atoms with Crippen molar-refractivity contribution >= 4 is 0 Å². The highest BCUT2D eigenvalue weighted by Crippen LogP contribution is 2.31. The Bertz CT molecular complexity index is 446. The largest absolute Gasteiger partial charge is 0.497 e. The summed E-state index contributed by atoms with van der Waals surface area (Å²) in [5, 5.41) is 10.3. The molecule has 1 fully saturated rings. The molecule has 118 valence electrons. The lowest BCUT2D eigenvalue weighted by Gasteiger charge is -2.28. The number of rotatable bonds is 6. The first-order valence-electron chi connectivity index (χ1n) is 7.65. The molecule has 1 aromatic carbocycles. The topological polar surface area (TPSA) is 47.9 Å². The van der Waals surface area contributed by atoms with Gasteiger partial charge in [-0.25, -0.2) is 0 Å². The maximum absolute atomic E-state index is 10.3. The van der Waals surface area contributed by atoms with Crippen LogP contribution >= 0.6 is 0 Å². The highest BCUT2D eigenvalue weighted by Gasteiger charge is 2.21. The molecule has 0 aliphatic heterocycles. The van der Waals surface area contributed by atoms with Crippen LogP contribution in [0.5, 0.6) is 11.5 Å². The van der Waals surface area contributed by atoms with Gasteiger partial charge in [-0.3, -0.25) is 0 Å². The van der Waals surface area contributed by atoms with Crippen molar-refractivity contribution in [1.29, 1.82) is 0 Å². The second-order valence-corrected chi connectivity index (χ2v) is 5.85. The average molecular weight is 294 g/mol. The van der Waals surface area contributed by atoms with Gasteiger partial charge in [0.15, 0.2) is 0 Å². The first kappa shape index (κ1) is 16.1. The summed E-state index contributed by atoms with van der Waals surface area (Å²) >= 11 is 0. The zero-order valence-corrected chi connectivity index (χ0v) is 13.2. The molecule has 4 nitrogen and oxygen atoms in total. The molecule has 0 heterocycles. The molecule has 0 spiro atoms. The molecular formula is C17H26O4. The van der Waals surface area contributed by atoms with Crippen LogP contribution in [0.4, 0.5) is 0 Å². The molecule has 3 atom stereocenters. The van der Waals surface area contributed by atoms with Gasteiger partial charge in [-0.15, -0.1) is 0 Å². The number of benzene rings is 1. The first-order chi connectivity index (χ1) is 10.1. The smallest absolute Gasteiger partial charge is 0.128 e. The lowest BCUT2D eigenvalue weighted by Crippen LogP contribution is -2.23. The van der Waals surface area contributed by atoms with Crippen LogP contribution in [0.3, 0.4) is 0 Å². The first-order valence-corrected chi connectivity index (χ1v) is 7.65. The molecule has 1 saturated carbocycles. The fourth-order valence-corrected chi connectivity index (χ4v) is 2.94. The Kier molecular flexibility index (Phi) is 5.88. The van der Waals surface area contributed by atoms with Crippen molar-refractivity contribution in [3.05, 3.63) is 23.8 Å². The second kappa shape index (κ2) is 7.66. The van der Waals surface area contributed by atoms with Gasteiger partial charge in [-0.2, -0.15) is 0 Å². The Morgan fingerprint density at radius 2 is 2.05 bits per heavy atom. The summed E-state index contributed by atoms with van der Waals surface area (Å²) < 4.78 is 16.4. The van der Waals surface area contributed by atoms with E-state index in [-0.39, 0.29) is 6.10 Å². The lowest BCUT2D eigenvalue weighted by atomic mass is 9.89. The molecule has 0 amide bonds. The van der Waals surface area contributed by atoms with Crippen LogP contribution in [0.2, 0.25) is 0 Å². The van der Waals surface area contributed by atoms with E-state index in [1.54, 1.807) is 20.3 Å². The molecular weight excluding hydrogens is 268 g/mol. The maximum Gasteiger partial charge on any atom is 0.128 e. The molecule has 3 unspecified atom stereocenters. The maximum atomic E-state index is 10.3. The highest BCUT2D eigenvalue weighted by atomic mass is 16.5. The van der Waals surface area contributed by atoms with Gasteiger partial charge in [0, 0.05) is 11.6 Å². The molecule has 0 saturated heterocycles. The number of hydrogen-bond acceptors (Lipinski definition) is 4. The van der Waals surface area contributed by atoms with Crippen LogP contribution < -0.4 is 9.47 Å². The Morgan fingerprint density at radius 3 is 2.71 bits per heavy atom. The standard InChI is InChI=1S/C17H26O4/c1-12-5-4-6-14(9-12)21-11-16(18)15-8-7-13(19-2)10-17(15)20-3/h7-8,10,12,14,16,18H,4-6,9,11H2,1-3H3. The fraction of sp³-hybridized carbons (Fsp3) is 0.647. The molecule has 2 rings (SSSR count). The molecule has 4 heteroatoms. The van der Waals surface area contributed by atoms with Gasteiger partial charge in [-0.05, 0) is 30.9 Å². The molecule has 1 aliphatic carbocycles. The van der Waals surface area contributed by atoms with Crippen LogP contribution in [-0.2, 0) is 4.74 Å². The van der Waals surface area contributed by atoms with Crippen molar-refractivity contribution in [3.63, 3.8) is 0 Å². The zero-order chi connectivity index (χ0) is 15.2. The van der Waals surface area contributed by atoms with E-state index in [2.05, 4.69) is 6.92 Å². The molecule has 0 aromatic heterocycles. The molecule has 1 aliphatic rings. The van der Waals surface area contributed by atoms with E-state index in [0.29, 0.717) is 18.1 Å². The summed E-state index contributed by atoms with van der Waals surface area (Å²) in [4.78, 5) is 0. The SMILES string of the molecule is COc1ccc(C(O)COC2CCCC(C)C2)c(OC)c1. The number of aliphatic hydroxyl groups is 1. The number of ether oxygens (including phenoxy) is 3. The van der Waals surface area contributed by atoms with Crippen LogP contribution in [0.25, 0.3) is 0 Å². The Hall–Kier alpha value is -1.26. The molecule has 0 bridgehead atoms. The Balaban J connectivity index is 1.94. The number of methoxy groups -OCH3 is 2. The van der Waals surface area contributed by atoms with Crippen molar-refractivity contribution in [2.45, 2.75) is 44.8 Å². The quantitative estimate of drug-likeness (QED) is 0.874.